The van der Waals surface area contributed by atoms with Crippen molar-refractivity contribution in [3.05, 3.63) is 69.4 Å². The molecule has 0 spiro atoms. The van der Waals surface area contributed by atoms with Crippen molar-refractivity contribution in [3.8, 4) is 0 Å². The fourth-order valence-corrected chi connectivity index (χ4v) is 3.46. The molecule has 2 aromatic carbocycles. The maximum absolute atomic E-state index is 14.0. The van der Waals surface area contributed by atoms with Gasteiger partial charge >= 0.3 is 0 Å². The molecule has 8 heteroatoms. The Morgan fingerprint density at radius 1 is 1.07 bits per heavy atom. The molecule has 0 aromatic heterocycles. The van der Waals surface area contributed by atoms with Crippen LogP contribution in [0.15, 0.2) is 51.9 Å². The normalized spacial score (nSPS) is 14.9. The molecule has 0 radical (unpaired) electrons. The summed E-state index contributed by atoms with van der Waals surface area (Å²) in [5.41, 5.74) is 3.12. The van der Waals surface area contributed by atoms with E-state index < -0.39 is 0 Å². The Balaban J connectivity index is 0.00000300. The lowest BCUT2D eigenvalue weighted by molar-refractivity contribution is 0.0341. The summed E-state index contributed by atoms with van der Waals surface area (Å²) in [6.07, 6.45) is 0. The van der Waals surface area contributed by atoms with Gasteiger partial charge in [0, 0.05) is 49.8 Å². The van der Waals surface area contributed by atoms with Gasteiger partial charge < -0.3 is 15.4 Å². The Bertz CT molecular complexity index is 815. The minimum atomic E-state index is -0.242. The van der Waals surface area contributed by atoms with E-state index in [-0.39, 0.29) is 29.8 Å². The van der Waals surface area contributed by atoms with Crippen molar-refractivity contribution in [1.82, 2.24) is 15.5 Å². The second kappa shape index (κ2) is 12.5. The average Bonchev–Trinajstić information content (AvgIpc) is 2.71. The van der Waals surface area contributed by atoms with Gasteiger partial charge in [0.15, 0.2) is 5.96 Å². The van der Waals surface area contributed by atoms with E-state index in [1.54, 1.807) is 13.1 Å². The summed E-state index contributed by atoms with van der Waals surface area (Å²) in [5.74, 6) is 0.400. The molecule has 158 valence electrons. The zero-order chi connectivity index (χ0) is 19.8. The van der Waals surface area contributed by atoms with Crippen LogP contribution in [-0.4, -0.2) is 44.2 Å². The topological polar surface area (TPSA) is 48.9 Å². The molecule has 0 atom stereocenters. The molecular weight excluding hydrogens is 550 g/mol. The summed E-state index contributed by atoms with van der Waals surface area (Å²) >= 11 is 3.28. The van der Waals surface area contributed by atoms with Crippen LogP contribution >= 0.6 is 39.9 Å². The van der Waals surface area contributed by atoms with Gasteiger partial charge in [0.1, 0.15) is 5.82 Å². The second-order valence-corrected chi connectivity index (χ2v) is 7.59. The van der Waals surface area contributed by atoms with Crippen LogP contribution in [0, 0.1) is 5.82 Å². The number of morpholine rings is 1. The SMILES string of the molecule is CN=C(NCc1ccc(Br)cc1F)NCc1ccccc1CN1CCOCC1.I. The summed E-state index contributed by atoms with van der Waals surface area (Å²) in [7, 11) is 1.72. The number of guanidine groups is 1. The van der Waals surface area contributed by atoms with Gasteiger partial charge in [0.25, 0.3) is 0 Å². The lowest BCUT2D eigenvalue weighted by Crippen LogP contribution is -2.37. The number of aliphatic imine (C=N–C) groups is 1. The highest BCUT2D eigenvalue weighted by atomic mass is 127. The van der Waals surface area contributed by atoms with E-state index in [4.69, 9.17) is 4.74 Å². The molecule has 2 N–H and O–H groups in total. The largest absolute Gasteiger partial charge is 0.379 e. The molecule has 0 bridgehead atoms. The van der Waals surface area contributed by atoms with Gasteiger partial charge in [-0.3, -0.25) is 9.89 Å². The molecule has 1 aliphatic heterocycles. The van der Waals surface area contributed by atoms with Crippen LogP contribution in [0.25, 0.3) is 0 Å². The number of halogens is 3. The standard InChI is InChI=1S/C21H26BrFN4O.HI/c1-24-21(26-14-17-6-7-19(22)12-20(17)23)25-13-16-4-2-3-5-18(16)15-27-8-10-28-11-9-27;/h2-7,12H,8-11,13-15H2,1H3,(H2,24,25,26);1H. The zero-order valence-corrected chi connectivity index (χ0v) is 20.4. The van der Waals surface area contributed by atoms with Gasteiger partial charge in [-0.15, -0.1) is 24.0 Å². The number of hydrogen-bond donors (Lipinski definition) is 2. The number of ether oxygens (including phenoxy) is 1. The number of nitrogens with zero attached hydrogens (tertiary/aromatic N) is 2. The van der Waals surface area contributed by atoms with Crippen LogP contribution in [0.3, 0.4) is 0 Å². The highest BCUT2D eigenvalue weighted by molar-refractivity contribution is 14.0. The molecule has 0 amide bonds. The van der Waals surface area contributed by atoms with E-state index >= 15 is 0 Å². The third-order valence-electron chi connectivity index (χ3n) is 4.75. The maximum Gasteiger partial charge on any atom is 0.191 e. The molecule has 1 fully saturated rings. The first-order valence-electron chi connectivity index (χ1n) is 9.41. The molecule has 5 nitrogen and oxygen atoms in total. The molecular formula is C21H27BrFIN4O. The van der Waals surface area contributed by atoms with Gasteiger partial charge in [-0.1, -0.05) is 46.3 Å². The van der Waals surface area contributed by atoms with Gasteiger partial charge in [-0.2, -0.15) is 0 Å². The zero-order valence-electron chi connectivity index (χ0n) is 16.5. The number of benzene rings is 2. The molecule has 3 rings (SSSR count). The molecule has 1 saturated heterocycles. The predicted octanol–water partition coefficient (Wildman–Crippen LogP) is 3.90. The van der Waals surface area contributed by atoms with Crippen LogP contribution in [0.2, 0.25) is 0 Å². The Hall–Kier alpha value is -1.23. The Morgan fingerprint density at radius 2 is 1.72 bits per heavy atom. The molecule has 2 aromatic rings. The van der Waals surface area contributed by atoms with E-state index in [0.717, 1.165) is 37.3 Å². The minimum Gasteiger partial charge on any atom is -0.379 e. The first kappa shape index (κ1) is 24.0. The van der Waals surface area contributed by atoms with E-state index in [9.17, 15) is 4.39 Å². The molecule has 0 unspecified atom stereocenters. The van der Waals surface area contributed by atoms with Crippen molar-refractivity contribution < 1.29 is 9.13 Å². The van der Waals surface area contributed by atoms with Crippen molar-refractivity contribution in [1.29, 1.82) is 0 Å². The average molecular weight is 577 g/mol. The fraction of sp³-hybridized carbons (Fsp3) is 0.381. The Morgan fingerprint density at radius 3 is 2.38 bits per heavy atom. The van der Waals surface area contributed by atoms with Crippen molar-refractivity contribution in [2.24, 2.45) is 4.99 Å². The van der Waals surface area contributed by atoms with Crippen molar-refractivity contribution in [2.75, 3.05) is 33.4 Å². The summed E-state index contributed by atoms with van der Waals surface area (Å²) in [4.78, 5) is 6.65. The molecule has 29 heavy (non-hydrogen) atoms. The van der Waals surface area contributed by atoms with Gasteiger partial charge in [-0.25, -0.2) is 4.39 Å². The van der Waals surface area contributed by atoms with Crippen LogP contribution in [0.4, 0.5) is 4.39 Å². The molecule has 0 aliphatic carbocycles. The minimum absolute atomic E-state index is 0. The monoisotopic (exact) mass is 576 g/mol. The van der Waals surface area contributed by atoms with E-state index in [1.165, 1.54) is 17.2 Å². The number of nitrogens with one attached hydrogen (secondary N) is 2. The smallest absolute Gasteiger partial charge is 0.191 e. The Labute approximate surface area is 197 Å². The summed E-state index contributed by atoms with van der Waals surface area (Å²) < 4.78 is 20.1. The highest BCUT2D eigenvalue weighted by Gasteiger charge is 2.13. The molecule has 1 aliphatic rings. The van der Waals surface area contributed by atoms with Crippen molar-refractivity contribution in [3.63, 3.8) is 0 Å². The van der Waals surface area contributed by atoms with Gasteiger partial charge in [0.05, 0.1) is 13.2 Å². The van der Waals surface area contributed by atoms with E-state index in [1.807, 2.05) is 12.1 Å². The van der Waals surface area contributed by atoms with Gasteiger partial charge in [0.2, 0.25) is 0 Å². The van der Waals surface area contributed by atoms with Gasteiger partial charge in [-0.05, 0) is 23.3 Å². The lowest BCUT2D eigenvalue weighted by atomic mass is 10.1. The lowest BCUT2D eigenvalue weighted by Gasteiger charge is -2.27. The summed E-state index contributed by atoms with van der Waals surface area (Å²) in [6, 6.07) is 13.5. The van der Waals surface area contributed by atoms with Crippen molar-refractivity contribution in [2.45, 2.75) is 19.6 Å². The maximum atomic E-state index is 14.0. The second-order valence-electron chi connectivity index (χ2n) is 6.67. The molecule has 1 heterocycles. The highest BCUT2D eigenvalue weighted by Crippen LogP contribution is 2.15. The van der Waals surface area contributed by atoms with Crippen LogP contribution < -0.4 is 10.6 Å². The third kappa shape index (κ3) is 7.51. The van der Waals surface area contributed by atoms with Crippen LogP contribution in [-0.2, 0) is 24.4 Å². The summed E-state index contributed by atoms with van der Waals surface area (Å²) in [5, 5.41) is 6.50. The third-order valence-corrected chi connectivity index (χ3v) is 5.24. The van der Waals surface area contributed by atoms with E-state index in [2.05, 4.69) is 54.7 Å². The Kier molecular flexibility index (Phi) is 10.3. The predicted molar refractivity (Wildman–Crippen MR) is 129 cm³/mol. The van der Waals surface area contributed by atoms with E-state index in [0.29, 0.717) is 24.6 Å². The first-order chi connectivity index (χ1) is 13.7. The van der Waals surface area contributed by atoms with Crippen LogP contribution in [0.5, 0.6) is 0 Å². The number of hydrogen-bond acceptors (Lipinski definition) is 3. The molecule has 0 saturated carbocycles. The fourth-order valence-electron chi connectivity index (χ4n) is 3.13. The first-order valence-corrected chi connectivity index (χ1v) is 10.2. The summed E-state index contributed by atoms with van der Waals surface area (Å²) in [6.45, 7) is 5.45. The van der Waals surface area contributed by atoms with Crippen LogP contribution in [0.1, 0.15) is 16.7 Å². The quantitative estimate of drug-likeness (QED) is 0.311. The number of rotatable bonds is 6. The van der Waals surface area contributed by atoms with Crippen molar-refractivity contribution >= 4 is 45.9 Å².